The first-order chi connectivity index (χ1) is 5.66. The minimum absolute atomic E-state index is 0.302. The summed E-state index contributed by atoms with van der Waals surface area (Å²) in [6.45, 7) is 5.47. The first kappa shape index (κ1) is 8.78. The van der Waals surface area contributed by atoms with Gasteiger partial charge in [-0.05, 0) is 13.0 Å². The summed E-state index contributed by atoms with van der Waals surface area (Å²) in [4.78, 5) is 11.0. The molecule has 0 amide bonds. The largest absolute Gasteiger partial charge is 0.452 e. The van der Waals surface area contributed by atoms with Crippen LogP contribution in [0.1, 0.15) is 13.3 Å². The average Bonchev–Trinajstić information content (AvgIpc) is 2.12. The Bertz CT molecular complexity index is 251. The highest BCUT2D eigenvalue weighted by molar-refractivity contribution is 5.83. The van der Waals surface area contributed by atoms with E-state index in [1.54, 1.807) is 12.2 Å². The summed E-state index contributed by atoms with van der Waals surface area (Å²) in [6.07, 6.45) is 9.13. The van der Waals surface area contributed by atoms with Crippen LogP contribution in [-0.2, 0) is 9.53 Å². The van der Waals surface area contributed by atoms with Crippen LogP contribution in [0.2, 0.25) is 0 Å². The summed E-state index contributed by atoms with van der Waals surface area (Å²) >= 11 is 0. The van der Waals surface area contributed by atoms with Crippen molar-refractivity contribution in [1.82, 2.24) is 0 Å². The lowest BCUT2D eigenvalue weighted by atomic mass is 10.0. The third-order valence-electron chi connectivity index (χ3n) is 1.68. The minimum Gasteiger partial charge on any atom is -0.452 e. The maximum Gasteiger partial charge on any atom is 0.331 e. The molecule has 1 rings (SSSR count). The molecule has 1 atom stereocenters. The van der Waals surface area contributed by atoms with Gasteiger partial charge in [-0.1, -0.05) is 18.2 Å². The van der Waals surface area contributed by atoms with E-state index in [-0.39, 0.29) is 5.97 Å². The fourth-order valence-electron chi connectivity index (χ4n) is 1.09. The zero-order valence-electron chi connectivity index (χ0n) is 7.12. The highest BCUT2D eigenvalue weighted by Crippen LogP contribution is 2.20. The van der Waals surface area contributed by atoms with Crippen LogP contribution in [0.4, 0.5) is 0 Å². The molecule has 0 fully saturated rings. The molecule has 0 saturated heterocycles. The molecule has 0 radical (unpaired) electrons. The van der Waals surface area contributed by atoms with Crippen molar-refractivity contribution in [1.29, 1.82) is 0 Å². The van der Waals surface area contributed by atoms with E-state index in [0.29, 0.717) is 6.42 Å². The first-order valence-electron chi connectivity index (χ1n) is 3.86. The second kappa shape index (κ2) is 3.39. The first-order valence-corrected chi connectivity index (χ1v) is 3.86. The standard InChI is InChI=1S/C10H12O2/c1-3-7-10(2)8-5-4-6-9(11)12-10/h3-6,8H,1,7H2,2H3. The molecule has 1 aliphatic rings. The van der Waals surface area contributed by atoms with Gasteiger partial charge in [-0.15, -0.1) is 6.58 Å². The number of carbonyl (C=O) groups excluding carboxylic acids is 1. The second-order valence-corrected chi connectivity index (χ2v) is 2.94. The fraction of sp³-hybridized carbons (Fsp3) is 0.300. The molecule has 0 aromatic carbocycles. The molecule has 0 bridgehead atoms. The Morgan fingerprint density at radius 3 is 3.08 bits per heavy atom. The maximum absolute atomic E-state index is 11.0. The highest BCUT2D eigenvalue weighted by Gasteiger charge is 2.23. The van der Waals surface area contributed by atoms with E-state index < -0.39 is 5.60 Å². The summed E-state index contributed by atoms with van der Waals surface area (Å²) in [5, 5.41) is 0. The Morgan fingerprint density at radius 2 is 2.42 bits per heavy atom. The Balaban J connectivity index is 2.78. The Hall–Kier alpha value is -1.31. The summed E-state index contributed by atoms with van der Waals surface area (Å²) in [7, 11) is 0. The van der Waals surface area contributed by atoms with Crippen molar-refractivity contribution in [2.75, 3.05) is 0 Å². The number of esters is 1. The number of carbonyl (C=O) groups is 1. The molecular weight excluding hydrogens is 152 g/mol. The van der Waals surface area contributed by atoms with Crippen LogP contribution < -0.4 is 0 Å². The van der Waals surface area contributed by atoms with Crippen LogP contribution in [-0.4, -0.2) is 11.6 Å². The van der Waals surface area contributed by atoms with Gasteiger partial charge >= 0.3 is 5.97 Å². The summed E-state index contributed by atoms with van der Waals surface area (Å²) in [6, 6.07) is 0. The zero-order chi connectivity index (χ0) is 9.03. The van der Waals surface area contributed by atoms with E-state index >= 15 is 0 Å². The molecule has 2 heteroatoms. The lowest BCUT2D eigenvalue weighted by Gasteiger charge is -2.23. The normalized spacial score (nSPS) is 27.9. The smallest absolute Gasteiger partial charge is 0.331 e. The van der Waals surface area contributed by atoms with Gasteiger partial charge in [0.15, 0.2) is 0 Å². The van der Waals surface area contributed by atoms with E-state index in [2.05, 4.69) is 6.58 Å². The molecule has 64 valence electrons. The van der Waals surface area contributed by atoms with E-state index in [9.17, 15) is 4.79 Å². The van der Waals surface area contributed by atoms with Gasteiger partial charge in [0.05, 0.1) is 0 Å². The zero-order valence-corrected chi connectivity index (χ0v) is 7.12. The molecule has 0 aromatic rings. The van der Waals surface area contributed by atoms with Crippen LogP contribution in [0, 0.1) is 0 Å². The third kappa shape index (κ3) is 2.09. The maximum atomic E-state index is 11.0. The average molecular weight is 164 g/mol. The van der Waals surface area contributed by atoms with Crippen molar-refractivity contribution in [2.45, 2.75) is 18.9 Å². The second-order valence-electron chi connectivity index (χ2n) is 2.94. The van der Waals surface area contributed by atoms with Gasteiger partial charge in [0.25, 0.3) is 0 Å². The third-order valence-corrected chi connectivity index (χ3v) is 1.68. The molecule has 0 aliphatic carbocycles. The summed E-state index contributed by atoms with van der Waals surface area (Å²) < 4.78 is 5.16. The topological polar surface area (TPSA) is 26.3 Å². The number of ether oxygens (including phenoxy) is 1. The fourth-order valence-corrected chi connectivity index (χ4v) is 1.09. The van der Waals surface area contributed by atoms with Crippen LogP contribution >= 0.6 is 0 Å². The Labute approximate surface area is 72.2 Å². The van der Waals surface area contributed by atoms with E-state index in [4.69, 9.17) is 4.74 Å². The predicted molar refractivity (Wildman–Crippen MR) is 47.6 cm³/mol. The van der Waals surface area contributed by atoms with Gasteiger partial charge in [0.2, 0.25) is 0 Å². The number of cyclic esters (lactones) is 1. The van der Waals surface area contributed by atoms with E-state index in [0.717, 1.165) is 0 Å². The van der Waals surface area contributed by atoms with Crippen molar-refractivity contribution < 1.29 is 9.53 Å². The quantitative estimate of drug-likeness (QED) is 0.461. The van der Waals surface area contributed by atoms with Crippen molar-refractivity contribution in [2.24, 2.45) is 0 Å². The van der Waals surface area contributed by atoms with Gasteiger partial charge in [-0.2, -0.15) is 0 Å². The Morgan fingerprint density at radius 1 is 1.67 bits per heavy atom. The molecule has 1 heterocycles. The minimum atomic E-state index is -0.525. The Kier molecular flexibility index (Phi) is 2.48. The van der Waals surface area contributed by atoms with Crippen LogP contribution in [0.3, 0.4) is 0 Å². The van der Waals surface area contributed by atoms with Crippen LogP contribution in [0.25, 0.3) is 0 Å². The number of allylic oxidation sites excluding steroid dienone is 2. The highest BCUT2D eigenvalue weighted by atomic mass is 16.6. The molecule has 2 nitrogen and oxygen atoms in total. The molecule has 0 saturated carbocycles. The van der Waals surface area contributed by atoms with Crippen LogP contribution in [0.15, 0.2) is 37.0 Å². The predicted octanol–water partition coefficient (Wildman–Crippen LogP) is 1.99. The van der Waals surface area contributed by atoms with Crippen molar-refractivity contribution in [3.8, 4) is 0 Å². The molecule has 0 spiro atoms. The van der Waals surface area contributed by atoms with Crippen molar-refractivity contribution in [3.63, 3.8) is 0 Å². The number of rotatable bonds is 2. The molecular formula is C10H12O2. The van der Waals surface area contributed by atoms with E-state index in [1.165, 1.54) is 6.08 Å². The molecule has 12 heavy (non-hydrogen) atoms. The van der Waals surface area contributed by atoms with Crippen molar-refractivity contribution in [3.05, 3.63) is 37.0 Å². The van der Waals surface area contributed by atoms with Gasteiger partial charge in [0.1, 0.15) is 5.60 Å². The van der Waals surface area contributed by atoms with Gasteiger partial charge in [0, 0.05) is 12.5 Å². The number of hydrogen-bond acceptors (Lipinski definition) is 2. The lowest BCUT2D eigenvalue weighted by molar-refractivity contribution is -0.147. The van der Waals surface area contributed by atoms with Crippen LogP contribution in [0.5, 0.6) is 0 Å². The van der Waals surface area contributed by atoms with E-state index in [1.807, 2.05) is 19.1 Å². The molecule has 0 aromatic heterocycles. The monoisotopic (exact) mass is 164 g/mol. The molecule has 1 aliphatic heterocycles. The summed E-state index contributed by atoms with van der Waals surface area (Å²) in [5.74, 6) is -0.302. The van der Waals surface area contributed by atoms with Crippen molar-refractivity contribution >= 4 is 5.97 Å². The lowest BCUT2D eigenvalue weighted by Crippen LogP contribution is -2.27. The number of hydrogen-bond donors (Lipinski definition) is 0. The van der Waals surface area contributed by atoms with Gasteiger partial charge < -0.3 is 4.74 Å². The SMILES string of the molecule is C=CCC1(C)C=CC=CC(=O)O1. The van der Waals surface area contributed by atoms with Gasteiger partial charge in [-0.3, -0.25) is 0 Å². The molecule has 0 N–H and O–H groups in total. The molecule has 1 unspecified atom stereocenters. The summed E-state index contributed by atoms with van der Waals surface area (Å²) in [5.41, 5.74) is -0.525. The van der Waals surface area contributed by atoms with Gasteiger partial charge in [-0.25, -0.2) is 4.79 Å².